The van der Waals surface area contributed by atoms with Gasteiger partial charge < -0.3 is 9.84 Å². The van der Waals surface area contributed by atoms with E-state index in [0.29, 0.717) is 12.2 Å². The molecule has 0 amide bonds. The Labute approximate surface area is 123 Å². The molecule has 0 spiro atoms. The third-order valence-electron chi connectivity index (χ3n) is 3.32. The third-order valence-corrected chi connectivity index (χ3v) is 3.32. The number of hydrogen-bond acceptors (Lipinski definition) is 4. The number of aryl methyl sites for hydroxylation is 1. The number of nitrogens with zero attached hydrogens (tertiary/aromatic N) is 1. The molecular formula is C16H17NO4. The van der Waals surface area contributed by atoms with E-state index in [2.05, 4.69) is 0 Å². The fourth-order valence-electron chi connectivity index (χ4n) is 2.20. The van der Waals surface area contributed by atoms with E-state index in [1.165, 1.54) is 12.1 Å². The topological polar surface area (TPSA) is 72.6 Å². The number of rotatable bonds is 5. The Hall–Kier alpha value is -2.40. The highest BCUT2D eigenvalue weighted by atomic mass is 16.6. The number of nitro benzene ring substituents is 1. The molecule has 0 heterocycles. The van der Waals surface area contributed by atoms with Crippen molar-refractivity contribution >= 4 is 5.69 Å². The molecule has 1 unspecified atom stereocenters. The quantitative estimate of drug-likeness (QED) is 0.677. The summed E-state index contributed by atoms with van der Waals surface area (Å²) >= 11 is 0. The average Bonchev–Trinajstić information content (AvgIpc) is 2.47. The molecule has 5 heteroatoms. The van der Waals surface area contributed by atoms with E-state index in [9.17, 15) is 15.2 Å². The zero-order chi connectivity index (χ0) is 15.4. The van der Waals surface area contributed by atoms with Crippen molar-refractivity contribution < 1.29 is 14.8 Å². The highest BCUT2D eigenvalue weighted by Gasteiger charge is 2.15. The number of methoxy groups -OCH3 is 1. The molecule has 2 aromatic rings. The van der Waals surface area contributed by atoms with E-state index >= 15 is 0 Å². The van der Waals surface area contributed by atoms with Gasteiger partial charge in [0.25, 0.3) is 5.69 Å². The van der Waals surface area contributed by atoms with E-state index in [4.69, 9.17) is 4.74 Å². The summed E-state index contributed by atoms with van der Waals surface area (Å²) in [7, 11) is 1.56. The van der Waals surface area contributed by atoms with Crippen molar-refractivity contribution in [2.45, 2.75) is 19.4 Å². The molecule has 0 aliphatic heterocycles. The molecule has 2 aromatic carbocycles. The Morgan fingerprint density at radius 1 is 1.24 bits per heavy atom. The normalized spacial score (nSPS) is 12.0. The van der Waals surface area contributed by atoms with Gasteiger partial charge in [-0.3, -0.25) is 10.1 Å². The molecule has 21 heavy (non-hydrogen) atoms. The number of nitro groups is 1. The smallest absolute Gasteiger partial charge is 0.269 e. The molecule has 110 valence electrons. The fourth-order valence-corrected chi connectivity index (χ4v) is 2.20. The lowest BCUT2D eigenvalue weighted by Crippen LogP contribution is -2.04. The highest BCUT2D eigenvalue weighted by molar-refractivity contribution is 5.40. The summed E-state index contributed by atoms with van der Waals surface area (Å²) in [5.41, 5.74) is 2.63. The molecule has 1 N–H and O–H groups in total. The molecule has 0 aliphatic carbocycles. The Balaban J connectivity index is 2.19. The van der Waals surface area contributed by atoms with Crippen LogP contribution in [-0.2, 0) is 6.42 Å². The zero-order valence-corrected chi connectivity index (χ0v) is 11.9. The van der Waals surface area contributed by atoms with E-state index in [0.717, 1.165) is 16.7 Å². The van der Waals surface area contributed by atoms with Gasteiger partial charge in [-0.1, -0.05) is 23.8 Å². The van der Waals surface area contributed by atoms with Crippen LogP contribution in [0.1, 0.15) is 22.8 Å². The Kier molecular flexibility index (Phi) is 4.55. The first-order valence-corrected chi connectivity index (χ1v) is 6.57. The number of non-ortho nitro benzene ring substituents is 1. The minimum absolute atomic E-state index is 0.0429. The van der Waals surface area contributed by atoms with Crippen LogP contribution < -0.4 is 4.74 Å². The first kappa shape index (κ1) is 15.0. The van der Waals surface area contributed by atoms with Crippen molar-refractivity contribution in [1.29, 1.82) is 0 Å². The van der Waals surface area contributed by atoms with E-state index in [-0.39, 0.29) is 5.69 Å². The predicted molar refractivity (Wildman–Crippen MR) is 79.5 cm³/mol. The molecule has 0 aliphatic rings. The van der Waals surface area contributed by atoms with Gasteiger partial charge in [-0.25, -0.2) is 0 Å². The van der Waals surface area contributed by atoms with Crippen LogP contribution in [-0.4, -0.2) is 17.1 Å². The summed E-state index contributed by atoms with van der Waals surface area (Å²) in [6.45, 7) is 1.95. The fraction of sp³-hybridized carbons (Fsp3) is 0.250. The number of ether oxygens (including phenoxy) is 1. The maximum absolute atomic E-state index is 10.6. The second kappa shape index (κ2) is 6.37. The van der Waals surface area contributed by atoms with Gasteiger partial charge in [0.1, 0.15) is 5.75 Å². The summed E-state index contributed by atoms with van der Waals surface area (Å²) in [5.74, 6) is 0.634. The van der Waals surface area contributed by atoms with Gasteiger partial charge in [0.15, 0.2) is 0 Å². The maximum atomic E-state index is 10.6. The van der Waals surface area contributed by atoms with Crippen LogP contribution >= 0.6 is 0 Å². The van der Waals surface area contributed by atoms with Crippen LogP contribution in [0.25, 0.3) is 0 Å². The molecule has 0 aromatic heterocycles. The van der Waals surface area contributed by atoms with Gasteiger partial charge in [-0.05, 0) is 24.6 Å². The summed E-state index contributed by atoms with van der Waals surface area (Å²) in [6.07, 6.45) is -0.348. The second-order valence-corrected chi connectivity index (χ2v) is 4.89. The first-order chi connectivity index (χ1) is 10.0. The summed E-state index contributed by atoms with van der Waals surface area (Å²) in [5, 5.41) is 21.0. The number of aliphatic hydroxyl groups is 1. The lowest BCUT2D eigenvalue weighted by molar-refractivity contribution is -0.384. The third kappa shape index (κ3) is 3.58. The molecular weight excluding hydrogens is 270 g/mol. The van der Waals surface area contributed by atoms with Crippen molar-refractivity contribution in [1.82, 2.24) is 0 Å². The van der Waals surface area contributed by atoms with Crippen molar-refractivity contribution in [3.05, 3.63) is 69.3 Å². The van der Waals surface area contributed by atoms with E-state index in [1.807, 2.05) is 25.1 Å². The molecule has 2 rings (SSSR count). The molecule has 0 saturated carbocycles. The zero-order valence-electron chi connectivity index (χ0n) is 11.9. The first-order valence-electron chi connectivity index (χ1n) is 6.57. The highest BCUT2D eigenvalue weighted by Crippen LogP contribution is 2.29. The van der Waals surface area contributed by atoms with Gasteiger partial charge in [-0.2, -0.15) is 0 Å². The predicted octanol–water partition coefficient (Wildman–Crippen LogP) is 3.19. The van der Waals surface area contributed by atoms with Crippen LogP contribution in [0.2, 0.25) is 0 Å². The molecule has 0 fully saturated rings. The van der Waals surface area contributed by atoms with Crippen molar-refractivity contribution in [3.63, 3.8) is 0 Å². The van der Waals surface area contributed by atoms with Gasteiger partial charge in [0, 0.05) is 24.1 Å². The SMILES string of the molecule is COc1ccc(C)cc1C(O)Cc1ccc([N+](=O)[O-])cc1. The van der Waals surface area contributed by atoms with Crippen LogP contribution in [0.3, 0.4) is 0 Å². The van der Waals surface area contributed by atoms with E-state index in [1.54, 1.807) is 19.2 Å². The summed E-state index contributed by atoms with van der Waals surface area (Å²) in [6, 6.07) is 11.8. The Bertz CT molecular complexity index is 637. The van der Waals surface area contributed by atoms with Crippen molar-refractivity contribution in [2.75, 3.05) is 7.11 Å². The number of benzene rings is 2. The van der Waals surface area contributed by atoms with Crippen molar-refractivity contribution in [2.24, 2.45) is 0 Å². The molecule has 0 radical (unpaired) electrons. The standard InChI is InChI=1S/C16H17NO4/c1-11-3-8-16(21-2)14(9-11)15(18)10-12-4-6-13(7-5-12)17(19)20/h3-9,15,18H,10H2,1-2H3. The minimum atomic E-state index is -0.721. The second-order valence-electron chi connectivity index (χ2n) is 4.89. The van der Waals surface area contributed by atoms with Gasteiger partial charge in [0.05, 0.1) is 18.1 Å². The van der Waals surface area contributed by atoms with Gasteiger partial charge in [0.2, 0.25) is 0 Å². The lowest BCUT2D eigenvalue weighted by Gasteiger charge is -2.15. The largest absolute Gasteiger partial charge is 0.496 e. The molecule has 0 bridgehead atoms. The Morgan fingerprint density at radius 3 is 2.48 bits per heavy atom. The maximum Gasteiger partial charge on any atom is 0.269 e. The number of hydrogen-bond donors (Lipinski definition) is 1. The lowest BCUT2D eigenvalue weighted by atomic mass is 9.99. The number of aliphatic hydroxyl groups excluding tert-OH is 1. The summed E-state index contributed by atoms with van der Waals surface area (Å²) < 4.78 is 5.26. The minimum Gasteiger partial charge on any atom is -0.496 e. The van der Waals surface area contributed by atoms with Crippen LogP contribution in [0, 0.1) is 17.0 Å². The van der Waals surface area contributed by atoms with Crippen LogP contribution in [0.4, 0.5) is 5.69 Å². The van der Waals surface area contributed by atoms with Crippen LogP contribution in [0.5, 0.6) is 5.75 Å². The molecule has 1 atom stereocenters. The van der Waals surface area contributed by atoms with Gasteiger partial charge >= 0.3 is 0 Å². The Morgan fingerprint density at radius 2 is 1.90 bits per heavy atom. The summed E-state index contributed by atoms with van der Waals surface area (Å²) in [4.78, 5) is 10.2. The van der Waals surface area contributed by atoms with Gasteiger partial charge in [-0.15, -0.1) is 0 Å². The monoisotopic (exact) mass is 287 g/mol. The molecule has 5 nitrogen and oxygen atoms in total. The molecule has 0 saturated heterocycles. The van der Waals surface area contributed by atoms with Crippen molar-refractivity contribution in [3.8, 4) is 5.75 Å². The van der Waals surface area contributed by atoms with E-state index < -0.39 is 11.0 Å². The average molecular weight is 287 g/mol. The van der Waals surface area contributed by atoms with Crippen LogP contribution in [0.15, 0.2) is 42.5 Å².